The lowest BCUT2D eigenvalue weighted by atomic mass is 10.1. The first-order chi connectivity index (χ1) is 11.8. The predicted molar refractivity (Wildman–Crippen MR) is 90.7 cm³/mol. The van der Waals surface area contributed by atoms with E-state index < -0.39 is 17.9 Å². The fraction of sp³-hybridized carbons (Fsp3) is 0.353. The number of fused-ring (bicyclic) bond motifs is 1. The highest BCUT2D eigenvalue weighted by molar-refractivity contribution is 6.32. The van der Waals surface area contributed by atoms with Gasteiger partial charge in [-0.15, -0.1) is 0 Å². The van der Waals surface area contributed by atoms with Crippen LogP contribution in [0.2, 0.25) is 5.02 Å². The highest BCUT2D eigenvalue weighted by Gasteiger charge is 2.40. The Bertz CT molecular complexity index is 797. The number of nitrogens with zero attached hydrogens (tertiary/aromatic N) is 3. The van der Waals surface area contributed by atoms with Gasteiger partial charge in [0, 0.05) is 13.2 Å². The van der Waals surface area contributed by atoms with Gasteiger partial charge in [0.15, 0.2) is 6.17 Å². The number of benzene rings is 1. The number of halogens is 4. The van der Waals surface area contributed by atoms with Crippen LogP contribution >= 0.6 is 11.6 Å². The van der Waals surface area contributed by atoms with Gasteiger partial charge in [-0.2, -0.15) is 13.2 Å². The Morgan fingerprint density at radius 2 is 1.96 bits per heavy atom. The van der Waals surface area contributed by atoms with Crippen LogP contribution in [0.15, 0.2) is 30.5 Å². The van der Waals surface area contributed by atoms with Gasteiger partial charge in [0.2, 0.25) is 0 Å². The van der Waals surface area contributed by atoms with E-state index in [1.54, 1.807) is 31.1 Å². The van der Waals surface area contributed by atoms with Gasteiger partial charge in [0.25, 0.3) is 0 Å². The Morgan fingerprint density at radius 1 is 1.24 bits per heavy atom. The largest absolute Gasteiger partial charge is 0.416 e. The summed E-state index contributed by atoms with van der Waals surface area (Å²) < 4.78 is 39.3. The fourth-order valence-corrected chi connectivity index (χ4v) is 3.12. The summed E-state index contributed by atoms with van der Waals surface area (Å²) in [7, 11) is 1.77. The summed E-state index contributed by atoms with van der Waals surface area (Å²) in [6.45, 7) is 3.92. The van der Waals surface area contributed by atoms with Crippen molar-refractivity contribution in [3.63, 3.8) is 0 Å². The number of hydrogen-bond acceptors (Lipinski definition) is 4. The lowest BCUT2D eigenvalue weighted by Crippen LogP contribution is -2.34. The van der Waals surface area contributed by atoms with Gasteiger partial charge >= 0.3 is 6.18 Å². The van der Waals surface area contributed by atoms with Crippen molar-refractivity contribution in [1.29, 1.82) is 0 Å². The third kappa shape index (κ3) is 3.02. The highest BCUT2D eigenvalue weighted by Crippen LogP contribution is 2.48. The van der Waals surface area contributed by atoms with E-state index in [9.17, 15) is 13.2 Å². The molecule has 0 N–H and O–H groups in total. The number of aromatic nitrogens is 1. The second kappa shape index (κ2) is 6.38. The van der Waals surface area contributed by atoms with Gasteiger partial charge in [-0.05, 0) is 43.7 Å². The van der Waals surface area contributed by atoms with Crippen LogP contribution in [0.3, 0.4) is 0 Å². The van der Waals surface area contributed by atoms with E-state index in [2.05, 4.69) is 4.98 Å². The Morgan fingerprint density at radius 3 is 2.60 bits per heavy atom. The molecular weight excluding hydrogens is 355 g/mol. The smallest absolute Gasteiger partial charge is 0.346 e. The number of hydroxylamine groups is 1. The zero-order chi connectivity index (χ0) is 18.4. The zero-order valence-electron chi connectivity index (χ0n) is 13.9. The molecular formula is C17H17ClF3N3O. The quantitative estimate of drug-likeness (QED) is 0.761. The third-order valence-corrected chi connectivity index (χ3v) is 4.62. The van der Waals surface area contributed by atoms with Crippen molar-refractivity contribution in [2.45, 2.75) is 26.2 Å². The average Bonchev–Trinajstić information content (AvgIpc) is 2.82. The first-order valence-electron chi connectivity index (χ1n) is 7.73. The number of aryl methyl sites for hydroxylation is 1. The number of rotatable bonds is 3. The van der Waals surface area contributed by atoms with Crippen molar-refractivity contribution in [1.82, 2.24) is 4.98 Å². The standard InChI is InChI=1S/C17H17ClF3N3O/c1-4-25-24-13-9-11(17(19,20)21)5-6-12(13)23(3)16(24)15-14(18)10(2)7-8-22-15/h5-9,16H,4H2,1-3H3. The van der Waals surface area contributed by atoms with Crippen LogP contribution < -0.4 is 9.96 Å². The second-order valence-electron chi connectivity index (χ2n) is 5.76. The van der Waals surface area contributed by atoms with E-state index in [0.717, 1.165) is 17.7 Å². The van der Waals surface area contributed by atoms with Gasteiger partial charge in [0.05, 0.1) is 28.6 Å². The highest BCUT2D eigenvalue weighted by atomic mass is 35.5. The van der Waals surface area contributed by atoms with E-state index in [1.807, 2.05) is 6.92 Å². The molecule has 25 heavy (non-hydrogen) atoms. The van der Waals surface area contributed by atoms with Crippen LogP contribution in [0.25, 0.3) is 0 Å². The van der Waals surface area contributed by atoms with Crippen LogP contribution in [0.4, 0.5) is 24.5 Å². The maximum atomic E-state index is 13.1. The molecule has 0 fully saturated rings. The minimum Gasteiger partial charge on any atom is -0.346 e. The number of alkyl halides is 3. The Labute approximate surface area is 148 Å². The minimum absolute atomic E-state index is 0.295. The molecule has 4 nitrogen and oxygen atoms in total. The second-order valence-corrected chi connectivity index (χ2v) is 6.13. The number of anilines is 2. The molecule has 2 heterocycles. The lowest BCUT2D eigenvalue weighted by molar-refractivity contribution is -0.137. The van der Waals surface area contributed by atoms with Crippen molar-refractivity contribution < 1.29 is 18.0 Å². The number of pyridine rings is 1. The third-order valence-electron chi connectivity index (χ3n) is 4.13. The zero-order valence-corrected chi connectivity index (χ0v) is 14.7. The monoisotopic (exact) mass is 371 g/mol. The molecule has 2 aromatic rings. The summed E-state index contributed by atoms with van der Waals surface area (Å²) >= 11 is 6.40. The average molecular weight is 372 g/mol. The topological polar surface area (TPSA) is 28.6 Å². The molecule has 1 aliphatic heterocycles. The maximum absolute atomic E-state index is 13.1. The van der Waals surface area contributed by atoms with Crippen LogP contribution in [-0.4, -0.2) is 18.6 Å². The van der Waals surface area contributed by atoms with Gasteiger partial charge in [0.1, 0.15) is 5.69 Å². The van der Waals surface area contributed by atoms with Crippen molar-refractivity contribution in [3.05, 3.63) is 52.3 Å². The minimum atomic E-state index is -4.43. The molecule has 0 bridgehead atoms. The van der Waals surface area contributed by atoms with Gasteiger partial charge in [-0.25, -0.2) is 5.06 Å². The Kier molecular flexibility index (Phi) is 4.55. The Balaban J connectivity index is 2.13. The lowest BCUT2D eigenvalue weighted by Gasteiger charge is -2.29. The van der Waals surface area contributed by atoms with Gasteiger partial charge < -0.3 is 4.90 Å². The Hall–Kier alpha value is -1.99. The molecule has 3 rings (SSSR count). The first-order valence-corrected chi connectivity index (χ1v) is 8.10. The molecule has 1 unspecified atom stereocenters. The maximum Gasteiger partial charge on any atom is 0.416 e. The van der Waals surface area contributed by atoms with Crippen molar-refractivity contribution in [2.75, 3.05) is 23.6 Å². The van der Waals surface area contributed by atoms with Crippen molar-refractivity contribution in [3.8, 4) is 0 Å². The molecule has 1 aromatic carbocycles. The molecule has 0 amide bonds. The molecule has 1 aliphatic rings. The predicted octanol–water partition coefficient (Wildman–Crippen LogP) is 4.97. The molecule has 8 heteroatoms. The number of hydrogen-bond donors (Lipinski definition) is 0. The van der Waals surface area contributed by atoms with E-state index in [1.165, 1.54) is 11.1 Å². The first kappa shape index (κ1) is 17.8. The van der Waals surface area contributed by atoms with Crippen LogP contribution in [0, 0.1) is 6.92 Å². The molecule has 1 atom stereocenters. The van der Waals surface area contributed by atoms with Crippen LogP contribution in [0.5, 0.6) is 0 Å². The molecule has 0 aliphatic carbocycles. The summed E-state index contributed by atoms with van der Waals surface area (Å²) in [6, 6.07) is 5.37. The summed E-state index contributed by atoms with van der Waals surface area (Å²) in [5.41, 5.74) is 1.59. The SMILES string of the molecule is CCON1c2cc(C(F)(F)F)ccc2N(C)C1c1nccc(C)c1Cl. The summed E-state index contributed by atoms with van der Waals surface area (Å²) in [5, 5.41) is 1.91. The fourth-order valence-electron chi connectivity index (χ4n) is 2.91. The van der Waals surface area contributed by atoms with E-state index >= 15 is 0 Å². The molecule has 0 saturated carbocycles. The molecule has 0 spiro atoms. The normalized spacial score (nSPS) is 17.2. The van der Waals surface area contributed by atoms with E-state index in [0.29, 0.717) is 28.7 Å². The van der Waals surface area contributed by atoms with E-state index in [4.69, 9.17) is 16.4 Å². The van der Waals surface area contributed by atoms with Crippen molar-refractivity contribution >= 4 is 23.0 Å². The molecule has 1 aromatic heterocycles. The molecule has 0 saturated heterocycles. The summed E-state index contributed by atoms with van der Waals surface area (Å²) in [5.74, 6) is 0. The molecule has 0 radical (unpaired) electrons. The summed E-state index contributed by atoms with van der Waals surface area (Å²) in [4.78, 5) is 11.8. The summed E-state index contributed by atoms with van der Waals surface area (Å²) in [6.07, 6.45) is -3.35. The van der Waals surface area contributed by atoms with Gasteiger partial charge in [-0.1, -0.05) is 11.6 Å². The van der Waals surface area contributed by atoms with E-state index in [-0.39, 0.29) is 0 Å². The van der Waals surface area contributed by atoms with Gasteiger partial charge in [-0.3, -0.25) is 9.82 Å². The van der Waals surface area contributed by atoms with Crippen molar-refractivity contribution in [2.24, 2.45) is 0 Å². The van der Waals surface area contributed by atoms with Crippen LogP contribution in [0.1, 0.15) is 29.9 Å². The van der Waals surface area contributed by atoms with Crippen LogP contribution in [-0.2, 0) is 11.0 Å². The molecule has 134 valence electrons.